The largest absolute Gasteiger partial charge is 0.466 e. The Bertz CT molecular complexity index is 847. The summed E-state index contributed by atoms with van der Waals surface area (Å²) in [6, 6.07) is 4.70. The summed E-state index contributed by atoms with van der Waals surface area (Å²) in [7, 11) is -3.75. The fraction of sp³-hybridized carbons (Fsp3) is 0.556. The van der Waals surface area contributed by atoms with Gasteiger partial charge in [-0.2, -0.15) is 4.31 Å². The summed E-state index contributed by atoms with van der Waals surface area (Å²) >= 11 is 0. The molecule has 0 aliphatic carbocycles. The minimum absolute atomic E-state index is 0.124. The SMILES string of the molecule is CCOC(=O)[C@H]1CCCN(S(=O)(=O)c2ccc3c(c2)C(C)(C)C(=O)N3)C1. The van der Waals surface area contributed by atoms with E-state index >= 15 is 0 Å². The van der Waals surface area contributed by atoms with Gasteiger partial charge in [0.25, 0.3) is 0 Å². The Kier molecular flexibility index (Phi) is 4.83. The lowest BCUT2D eigenvalue weighted by atomic mass is 9.86. The third kappa shape index (κ3) is 3.12. The minimum atomic E-state index is -3.75. The number of anilines is 1. The van der Waals surface area contributed by atoms with Crippen molar-refractivity contribution in [1.29, 1.82) is 0 Å². The molecule has 0 spiro atoms. The van der Waals surface area contributed by atoms with Gasteiger partial charge in [0.15, 0.2) is 0 Å². The summed E-state index contributed by atoms with van der Waals surface area (Å²) in [5.74, 6) is -0.938. The van der Waals surface area contributed by atoms with Crippen molar-refractivity contribution < 1.29 is 22.7 Å². The average Bonchev–Trinajstić information content (AvgIpc) is 2.84. The maximum atomic E-state index is 13.1. The number of ether oxygens (including phenoxy) is 1. The van der Waals surface area contributed by atoms with Gasteiger partial charge in [0.2, 0.25) is 15.9 Å². The molecule has 2 heterocycles. The van der Waals surface area contributed by atoms with E-state index in [1.807, 2.05) is 0 Å². The highest BCUT2D eigenvalue weighted by Gasteiger charge is 2.40. The Morgan fingerprint density at radius 1 is 1.38 bits per heavy atom. The minimum Gasteiger partial charge on any atom is -0.466 e. The average molecular weight is 380 g/mol. The number of amides is 1. The maximum absolute atomic E-state index is 13.1. The molecule has 1 aromatic carbocycles. The normalized spacial score (nSPS) is 22.6. The number of carbonyl (C=O) groups is 2. The van der Waals surface area contributed by atoms with Crippen molar-refractivity contribution in [2.45, 2.75) is 43.9 Å². The third-order valence-electron chi connectivity index (χ3n) is 5.12. The van der Waals surface area contributed by atoms with Gasteiger partial charge in [0.05, 0.1) is 22.8 Å². The van der Waals surface area contributed by atoms with Gasteiger partial charge in [0.1, 0.15) is 0 Å². The Labute approximate surface area is 153 Å². The van der Waals surface area contributed by atoms with Crippen LogP contribution >= 0.6 is 0 Å². The van der Waals surface area contributed by atoms with E-state index in [-0.39, 0.29) is 29.9 Å². The number of fused-ring (bicyclic) bond motifs is 1. The molecule has 3 rings (SSSR count). The van der Waals surface area contributed by atoms with E-state index in [0.29, 0.717) is 30.6 Å². The molecule has 2 aliphatic heterocycles. The molecule has 0 saturated carbocycles. The second-order valence-corrected chi connectivity index (χ2v) is 9.18. The van der Waals surface area contributed by atoms with Crippen molar-refractivity contribution in [3.8, 4) is 0 Å². The van der Waals surface area contributed by atoms with Crippen LogP contribution < -0.4 is 5.32 Å². The summed E-state index contributed by atoms with van der Waals surface area (Å²) in [4.78, 5) is 24.2. The molecule has 2 aliphatic rings. The van der Waals surface area contributed by atoms with Gasteiger partial charge in [-0.3, -0.25) is 9.59 Å². The van der Waals surface area contributed by atoms with Crippen molar-refractivity contribution in [1.82, 2.24) is 4.31 Å². The topological polar surface area (TPSA) is 92.8 Å². The molecule has 0 aromatic heterocycles. The Morgan fingerprint density at radius 3 is 2.81 bits per heavy atom. The second-order valence-electron chi connectivity index (χ2n) is 7.24. The summed E-state index contributed by atoms with van der Waals surface area (Å²) in [5, 5.41) is 2.77. The highest BCUT2D eigenvalue weighted by molar-refractivity contribution is 7.89. The summed E-state index contributed by atoms with van der Waals surface area (Å²) in [5.41, 5.74) is 0.528. The molecular formula is C18H24N2O5S. The Hall–Kier alpha value is -1.93. The highest BCUT2D eigenvalue weighted by Crippen LogP contribution is 2.39. The van der Waals surface area contributed by atoms with Crippen LogP contribution in [0.3, 0.4) is 0 Å². The second kappa shape index (κ2) is 6.66. The fourth-order valence-electron chi connectivity index (χ4n) is 3.47. The van der Waals surface area contributed by atoms with Gasteiger partial charge in [0, 0.05) is 18.8 Å². The van der Waals surface area contributed by atoms with Gasteiger partial charge in [-0.25, -0.2) is 8.42 Å². The molecular weight excluding hydrogens is 356 g/mol. The number of nitrogens with zero attached hydrogens (tertiary/aromatic N) is 1. The van der Waals surface area contributed by atoms with Gasteiger partial charge in [-0.05, 0) is 57.4 Å². The third-order valence-corrected chi connectivity index (χ3v) is 6.98. The van der Waals surface area contributed by atoms with E-state index in [1.54, 1.807) is 32.9 Å². The number of piperidine rings is 1. The number of hydrogen-bond acceptors (Lipinski definition) is 5. The van der Waals surface area contributed by atoms with Crippen molar-refractivity contribution in [3.63, 3.8) is 0 Å². The van der Waals surface area contributed by atoms with Crippen molar-refractivity contribution in [2.75, 3.05) is 25.0 Å². The molecule has 7 nitrogen and oxygen atoms in total. The molecule has 0 unspecified atom stereocenters. The van der Waals surface area contributed by atoms with E-state index in [4.69, 9.17) is 4.74 Å². The molecule has 1 amide bonds. The molecule has 0 radical (unpaired) electrons. The van der Waals surface area contributed by atoms with Crippen molar-refractivity contribution in [3.05, 3.63) is 23.8 Å². The quantitative estimate of drug-likeness (QED) is 0.805. The van der Waals surface area contributed by atoms with Gasteiger partial charge >= 0.3 is 5.97 Å². The van der Waals surface area contributed by atoms with E-state index < -0.39 is 21.4 Å². The molecule has 1 fully saturated rings. The fourth-order valence-corrected chi connectivity index (χ4v) is 5.02. The van der Waals surface area contributed by atoms with Gasteiger partial charge < -0.3 is 10.1 Å². The number of esters is 1. The standard InChI is InChI=1S/C18H24N2O5S/c1-4-25-16(21)12-6-5-9-20(11-12)26(23,24)13-7-8-15-14(10-13)18(2,3)17(22)19-15/h7-8,10,12H,4-6,9,11H2,1-3H3,(H,19,22)/t12-/m0/s1. The first-order valence-corrected chi connectivity index (χ1v) is 10.2. The predicted molar refractivity (Wildman–Crippen MR) is 96.2 cm³/mol. The van der Waals surface area contributed by atoms with Crippen LogP contribution in [0.2, 0.25) is 0 Å². The van der Waals surface area contributed by atoms with E-state index in [1.165, 1.54) is 10.4 Å². The summed E-state index contributed by atoms with van der Waals surface area (Å²) in [6.07, 6.45) is 1.24. The lowest BCUT2D eigenvalue weighted by molar-refractivity contribution is -0.149. The van der Waals surface area contributed by atoms with Crippen molar-refractivity contribution in [2.24, 2.45) is 5.92 Å². The molecule has 1 N–H and O–H groups in total. The lowest BCUT2D eigenvalue weighted by Crippen LogP contribution is -2.42. The number of carbonyl (C=O) groups excluding carboxylic acids is 2. The first-order valence-electron chi connectivity index (χ1n) is 8.80. The van der Waals surface area contributed by atoms with Crippen LogP contribution in [0, 0.1) is 5.92 Å². The lowest BCUT2D eigenvalue weighted by Gasteiger charge is -2.31. The Morgan fingerprint density at radius 2 is 2.12 bits per heavy atom. The van der Waals surface area contributed by atoms with Crippen LogP contribution in [0.4, 0.5) is 5.69 Å². The first kappa shape index (κ1) is 18.8. The number of rotatable bonds is 4. The van der Waals surface area contributed by atoms with Crippen LogP contribution in [0.15, 0.2) is 23.1 Å². The zero-order chi connectivity index (χ0) is 19.1. The summed E-state index contributed by atoms with van der Waals surface area (Å²) in [6.45, 7) is 6.04. The van der Waals surface area contributed by atoms with E-state index in [0.717, 1.165) is 0 Å². The zero-order valence-corrected chi connectivity index (χ0v) is 16.1. The number of sulfonamides is 1. The monoisotopic (exact) mass is 380 g/mol. The molecule has 1 saturated heterocycles. The smallest absolute Gasteiger partial charge is 0.310 e. The van der Waals surface area contributed by atoms with E-state index in [9.17, 15) is 18.0 Å². The van der Waals surface area contributed by atoms with Crippen LogP contribution in [0.25, 0.3) is 0 Å². The van der Waals surface area contributed by atoms with Crippen LogP contribution in [-0.4, -0.2) is 44.3 Å². The predicted octanol–water partition coefficient (Wildman–Crippen LogP) is 1.88. The number of nitrogens with one attached hydrogen (secondary N) is 1. The van der Waals surface area contributed by atoms with Gasteiger partial charge in [-0.15, -0.1) is 0 Å². The highest BCUT2D eigenvalue weighted by atomic mass is 32.2. The van der Waals surface area contributed by atoms with Crippen molar-refractivity contribution >= 4 is 27.6 Å². The van der Waals surface area contributed by atoms with E-state index in [2.05, 4.69) is 5.32 Å². The Balaban J connectivity index is 1.88. The molecule has 1 aromatic rings. The molecule has 8 heteroatoms. The molecule has 0 bridgehead atoms. The number of hydrogen-bond donors (Lipinski definition) is 1. The zero-order valence-electron chi connectivity index (χ0n) is 15.2. The molecule has 26 heavy (non-hydrogen) atoms. The van der Waals surface area contributed by atoms with Crippen LogP contribution in [0.1, 0.15) is 39.2 Å². The maximum Gasteiger partial charge on any atom is 0.310 e. The van der Waals surface area contributed by atoms with Crippen LogP contribution in [-0.2, 0) is 29.8 Å². The molecule has 1 atom stereocenters. The van der Waals surface area contributed by atoms with Gasteiger partial charge in [-0.1, -0.05) is 0 Å². The first-order chi connectivity index (χ1) is 12.2. The number of benzene rings is 1. The molecule has 142 valence electrons. The summed E-state index contributed by atoms with van der Waals surface area (Å²) < 4.78 is 32.5. The van der Waals surface area contributed by atoms with Crippen LogP contribution in [0.5, 0.6) is 0 Å².